The molecule has 5 heteroatoms. The highest BCUT2D eigenvalue weighted by atomic mass is 16.2. The predicted octanol–water partition coefficient (Wildman–Crippen LogP) is 3.02. The monoisotopic (exact) mass is 346 g/mol. The topological polar surface area (TPSA) is 50.2 Å². The maximum absolute atomic E-state index is 12.6. The molecule has 1 amide bonds. The average molecular weight is 347 g/mol. The van der Waals surface area contributed by atoms with Crippen molar-refractivity contribution >= 4 is 5.91 Å². The first-order valence-corrected chi connectivity index (χ1v) is 10.1. The van der Waals surface area contributed by atoms with Crippen LogP contribution in [0.5, 0.6) is 0 Å². The Morgan fingerprint density at radius 1 is 1.24 bits per heavy atom. The third kappa shape index (κ3) is 4.25. The lowest BCUT2D eigenvalue weighted by atomic mass is 9.87. The van der Waals surface area contributed by atoms with E-state index in [9.17, 15) is 4.79 Å². The number of carbonyl (C=O) groups excluding carboxylic acids is 1. The number of aromatic nitrogens is 2. The van der Waals surface area contributed by atoms with Crippen molar-refractivity contribution in [2.45, 2.75) is 77.3 Å². The van der Waals surface area contributed by atoms with Gasteiger partial charge >= 0.3 is 0 Å². The number of hydrogen-bond acceptors (Lipinski definition) is 3. The molecular formula is C20H34N4O. The van der Waals surface area contributed by atoms with Crippen LogP contribution in [0.2, 0.25) is 0 Å². The van der Waals surface area contributed by atoms with Crippen LogP contribution in [0, 0.1) is 5.92 Å². The average Bonchev–Trinajstić information content (AvgIpc) is 2.98. The van der Waals surface area contributed by atoms with Crippen molar-refractivity contribution in [3.05, 3.63) is 17.0 Å². The fourth-order valence-electron chi connectivity index (χ4n) is 4.37. The summed E-state index contributed by atoms with van der Waals surface area (Å²) in [5, 5.41) is 8.49. The summed E-state index contributed by atoms with van der Waals surface area (Å²) in [5.74, 6) is 0.889. The Balaban J connectivity index is 1.70. The lowest BCUT2D eigenvalue weighted by Crippen LogP contribution is -2.38. The number of carbonyl (C=O) groups is 1. The highest BCUT2D eigenvalue weighted by Crippen LogP contribution is 2.27. The van der Waals surface area contributed by atoms with Crippen molar-refractivity contribution in [3.63, 3.8) is 0 Å². The van der Waals surface area contributed by atoms with Gasteiger partial charge in [0, 0.05) is 37.9 Å². The van der Waals surface area contributed by atoms with Gasteiger partial charge in [-0.1, -0.05) is 26.2 Å². The SMILES string of the molecule is CCCn1nc(C(=O)N(C)C)c2c1CCC(NCC1CCCCC1)C2. The van der Waals surface area contributed by atoms with Gasteiger partial charge in [-0.05, 0) is 51.0 Å². The second-order valence-corrected chi connectivity index (χ2v) is 8.05. The van der Waals surface area contributed by atoms with Gasteiger partial charge in [0.1, 0.15) is 0 Å². The van der Waals surface area contributed by atoms with Crippen molar-refractivity contribution in [2.24, 2.45) is 5.92 Å². The van der Waals surface area contributed by atoms with Gasteiger partial charge in [-0.3, -0.25) is 9.48 Å². The molecule has 3 rings (SSSR count). The van der Waals surface area contributed by atoms with E-state index in [1.807, 2.05) is 14.1 Å². The summed E-state index contributed by atoms with van der Waals surface area (Å²) in [5.41, 5.74) is 3.17. The summed E-state index contributed by atoms with van der Waals surface area (Å²) >= 11 is 0. The van der Waals surface area contributed by atoms with Crippen molar-refractivity contribution in [2.75, 3.05) is 20.6 Å². The third-order valence-electron chi connectivity index (χ3n) is 5.81. The van der Waals surface area contributed by atoms with E-state index in [0.29, 0.717) is 11.7 Å². The molecule has 140 valence electrons. The van der Waals surface area contributed by atoms with E-state index >= 15 is 0 Å². The summed E-state index contributed by atoms with van der Waals surface area (Å²) in [6, 6.07) is 0.488. The van der Waals surface area contributed by atoms with Crippen LogP contribution in [-0.4, -0.2) is 47.3 Å². The summed E-state index contributed by atoms with van der Waals surface area (Å²) in [4.78, 5) is 14.2. The second kappa shape index (κ2) is 8.35. The fourth-order valence-corrected chi connectivity index (χ4v) is 4.37. The van der Waals surface area contributed by atoms with E-state index in [1.165, 1.54) is 43.4 Å². The molecule has 1 heterocycles. The lowest BCUT2D eigenvalue weighted by molar-refractivity contribution is 0.0819. The Morgan fingerprint density at radius 2 is 2.00 bits per heavy atom. The molecule has 0 spiro atoms. The highest BCUT2D eigenvalue weighted by Gasteiger charge is 2.29. The van der Waals surface area contributed by atoms with Gasteiger partial charge in [0.2, 0.25) is 0 Å². The summed E-state index contributed by atoms with van der Waals surface area (Å²) in [6.07, 6.45) is 11.1. The molecule has 1 saturated carbocycles. The van der Waals surface area contributed by atoms with Crippen LogP contribution >= 0.6 is 0 Å². The van der Waals surface area contributed by atoms with Crippen LogP contribution < -0.4 is 5.32 Å². The molecule has 1 fully saturated rings. The first kappa shape index (κ1) is 18.4. The molecule has 0 saturated heterocycles. The van der Waals surface area contributed by atoms with Gasteiger partial charge in [0.25, 0.3) is 5.91 Å². The second-order valence-electron chi connectivity index (χ2n) is 8.05. The predicted molar refractivity (Wildman–Crippen MR) is 101 cm³/mol. The lowest BCUT2D eigenvalue weighted by Gasteiger charge is -2.28. The number of rotatable bonds is 6. The van der Waals surface area contributed by atoms with Gasteiger partial charge in [-0.2, -0.15) is 5.10 Å². The van der Waals surface area contributed by atoms with Gasteiger partial charge in [0.15, 0.2) is 5.69 Å². The Bertz CT molecular complexity index is 587. The quantitative estimate of drug-likeness (QED) is 0.861. The number of amides is 1. The number of nitrogens with one attached hydrogen (secondary N) is 1. The van der Waals surface area contributed by atoms with Crippen LogP contribution in [0.15, 0.2) is 0 Å². The minimum Gasteiger partial charge on any atom is -0.343 e. The van der Waals surface area contributed by atoms with Crippen LogP contribution in [0.4, 0.5) is 0 Å². The minimum absolute atomic E-state index is 0.0408. The first-order chi connectivity index (χ1) is 12.1. The Morgan fingerprint density at radius 3 is 2.68 bits per heavy atom. The maximum atomic E-state index is 12.6. The molecule has 0 aliphatic heterocycles. The minimum atomic E-state index is 0.0408. The molecule has 0 radical (unpaired) electrons. The van der Waals surface area contributed by atoms with E-state index in [0.717, 1.165) is 44.7 Å². The van der Waals surface area contributed by atoms with E-state index < -0.39 is 0 Å². The van der Waals surface area contributed by atoms with Crippen molar-refractivity contribution in [1.29, 1.82) is 0 Å². The zero-order valence-electron chi connectivity index (χ0n) is 16.2. The van der Waals surface area contributed by atoms with E-state index in [4.69, 9.17) is 0 Å². The van der Waals surface area contributed by atoms with E-state index in [2.05, 4.69) is 22.0 Å². The molecule has 1 aromatic heterocycles. The molecule has 0 aromatic carbocycles. The van der Waals surface area contributed by atoms with Gasteiger partial charge in [-0.25, -0.2) is 0 Å². The summed E-state index contributed by atoms with van der Waals surface area (Å²) in [6.45, 7) is 4.21. The Labute approximate surface area is 152 Å². The molecular weight excluding hydrogens is 312 g/mol. The third-order valence-corrected chi connectivity index (χ3v) is 5.81. The van der Waals surface area contributed by atoms with Crippen molar-refractivity contribution < 1.29 is 4.79 Å². The standard InChI is InChI=1S/C20H34N4O/c1-4-12-24-18-11-10-16(21-14-15-8-6-5-7-9-15)13-17(18)19(22-24)20(25)23(2)3/h15-16,21H,4-14H2,1-3H3. The van der Waals surface area contributed by atoms with Gasteiger partial charge in [0.05, 0.1) is 0 Å². The van der Waals surface area contributed by atoms with E-state index in [-0.39, 0.29) is 5.91 Å². The molecule has 1 N–H and O–H groups in total. The molecule has 5 nitrogen and oxygen atoms in total. The molecule has 0 bridgehead atoms. The molecule has 2 aliphatic carbocycles. The van der Waals surface area contributed by atoms with Crippen LogP contribution in [-0.2, 0) is 19.4 Å². The zero-order valence-corrected chi connectivity index (χ0v) is 16.2. The van der Waals surface area contributed by atoms with Gasteiger partial charge in [-0.15, -0.1) is 0 Å². The van der Waals surface area contributed by atoms with E-state index in [1.54, 1.807) is 4.90 Å². The van der Waals surface area contributed by atoms with Crippen molar-refractivity contribution in [1.82, 2.24) is 20.0 Å². The fraction of sp³-hybridized carbons (Fsp3) is 0.800. The van der Waals surface area contributed by atoms with Crippen LogP contribution in [0.3, 0.4) is 0 Å². The number of nitrogens with zero attached hydrogens (tertiary/aromatic N) is 3. The molecule has 2 aliphatic rings. The van der Waals surface area contributed by atoms with Crippen LogP contribution in [0.1, 0.15) is 73.6 Å². The largest absolute Gasteiger partial charge is 0.343 e. The Kier molecular flexibility index (Phi) is 6.15. The number of aryl methyl sites for hydroxylation is 1. The Hall–Kier alpha value is -1.36. The van der Waals surface area contributed by atoms with Crippen LogP contribution in [0.25, 0.3) is 0 Å². The molecule has 25 heavy (non-hydrogen) atoms. The molecule has 1 atom stereocenters. The van der Waals surface area contributed by atoms with Crippen molar-refractivity contribution in [3.8, 4) is 0 Å². The first-order valence-electron chi connectivity index (χ1n) is 10.1. The summed E-state index contributed by atoms with van der Waals surface area (Å²) in [7, 11) is 3.63. The maximum Gasteiger partial charge on any atom is 0.274 e. The molecule has 1 aromatic rings. The smallest absolute Gasteiger partial charge is 0.274 e. The molecule has 1 unspecified atom stereocenters. The normalized spacial score (nSPS) is 21.2. The number of fused-ring (bicyclic) bond motifs is 1. The zero-order chi connectivity index (χ0) is 17.8. The summed E-state index contributed by atoms with van der Waals surface area (Å²) < 4.78 is 2.09. The highest BCUT2D eigenvalue weighted by molar-refractivity contribution is 5.93. The van der Waals surface area contributed by atoms with Gasteiger partial charge < -0.3 is 10.2 Å². The number of hydrogen-bond donors (Lipinski definition) is 1.